The third-order valence-electron chi connectivity index (χ3n) is 6.72. The lowest BCUT2D eigenvalue weighted by atomic mass is 10.0. The Balaban J connectivity index is 1.45. The largest absolute Gasteiger partial charge is 0.462 e. The zero-order chi connectivity index (χ0) is 27.1. The molecule has 5 nitrogen and oxygen atoms in total. The van der Waals surface area contributed by atoms with Crippen LogP contribution in [0.15, 0.2) is 73.2 Å². The molecule has 8 heteroatoms. The van der Waals surface area contributed by atoms with Gasteiger partial charge in [-0.2, -0.15) is 18.4 Å². The topological polar surface area (TPSA) is 56.4 Å². The van der Waals surface area contributed by atoms with Crippen LogP contribution < -0.4 is 4.74 Å². The highest BCUT2D eigenvalue weighted by atomic mass is 19.4. The van der Waals surface area contributed by atoms with Crippen molar-refractivity contribution in [2.24, 2.45) is 0 Å². The van der Waals surface area contributed by atoms with E-state index in [2.05, 4.69) is 29.5 Å². The lowest BCUT2D eigenvalue weighted by molar-refractivity contribution is -0.139. The minimum atomic E-state index is -4.59. The fourth-order valence-electron chi connectivity index (χ4n) is 5.03. The zero-order valence-electron chi connectivity index (χ0n) is 21.1. The van der Waals surface area contributed by atoms with E-state index in [1.807, 2.05) is 38.1 Å². The van der Waals surface area contributed by atoms with Gasteiger partial charge in [-0.15, -0.1) is 6.58 Å². The van der Waals surface area contributed by atoms with Gasteiger partial charge in [0.2, 0.25) is 0 Å². The summed E-state index contributed by atoms with van der Waals surface area (Å²) in [6, 6.07) is 11.0. The molecule has 3 aromatic rings. The number of allylic oxidation sites excluding steroid dienone is 5. The Hall–Kier alpha value is -3.80. The second-order valence-electron chi connectivity index (χ2n) is 9.79. The summed E-state index contributed by atoms with van der Waals surface area (Å²) in [4.78, 5) is 0. The summed E-state index contributed by atoms with van der Waals surface area (Å²) in [7, 11) is 0. The molecule has 0 unspecified atom stereocenters. The fraction of sp³-hybridized carbons (Fsp3) is 0.300. The first-order valence-electron chi connectivity index (χ1n) is 12.3. The van der Waals surface area contributed by atoms with Crippen LogP contribution in [0.1, 0.15) is 55.0 Å². The van der Waals surface area contributed by atoms with Crippen LogP contribution in [0, 0.1) is 11.3 Å². The zero-order valence-corrected chi connectivity index (χ0v) is 21.1. The normalized spacial score (nSPS) is 19.1. The number of nitriles is 1. The molecule has 1 atom stereocenters. The van der Waals surface area contributed by atoms with Crippen molar-refractivity contribution in [3.05, 3.63) is 95.4 Å². The molecule has 2 aromatic carbocycles. The molecule has 0 N–H and O–H groups in total. The maximum Gasteiger partial charge on any atom is 0.417 e. The number of aromatic nitrogens is 1. The van der Waals surface area contributed by atoms with Crippen molar-refractivity contribution in [3.63, 3.8) is 0 Å². The molecule has 38 heavy (non-hydrogen) atoms. The van der Waals surface area contributed by atoms with E-state index in [0.717, 1.165) is 39.9 Å². The van der Waals surface area contributed by atoms with Gasteiger partial charge in [0.1, 0.15) is 17.6 Å². The van der Waals surface area contributed by atoms with Crippen LogP contribution in [0.25, 0.3) is 16.6 Å². The number of hydrogen-bond acceptors (Lipinski definition) is 4. The van der Waals surface area contributed by atoms with Gasteiger partial charge in [-0.1, -0.05) is 18.2 Å². The smallest absolute Gasteiger partial charge is 0.417 e. The molecule has 0 saturated carbocycles. The second kappa shape index (κ2) is 9.82. The standard InChI is InChI=1S/C30H27F3N2O3/c1-4-6-19-17-35(26-8-5-7-24(28(19)26)27-18-36-29(2,3)38-27)21-9-11-22(12-10-21)37-23-13-14-25(30(31,32)33)20(15-23)16-34/h4-5,7-9,11,13-15,17,27H,1,6,10,12,18H2,2-3H3/t27-/m1/s1. The summed E-state index contributed by atoms with van der Waals surface area (Å²) < 4.78 is 59.3. The van der Waals surface area contributed by atoms with Crippen LogP contribution in [0.2, 0.25) is 0 Å². The van der Waals surface area contributed by atoms with E-state index >= 15 is 0 Å². The SMILES string of the molecule is C=CCc1cn(C2=CC=C(Oc3ccc(C(F)(F)F)c(C#N)c3)CC2)c2cccc([C@H]3COC(C)(C)O3)c12. The lowest BCUT2D eigenvalue weighted by Crippen LogP contribution is -2.19. The molecule has 0 spiro atoms. The minimum absolute atomic E-state index is 0.171. The highest BCUT2D eigenvalue weighted by Gasteiger charge is 2.35. The first-order chi connectivity index (χ1) is 18.1. The van der Waals surface area contributed by atoms with E-state index in [4.69, 9.17) is 19.5 Å². The molecule has 1 aromatic heterocycles. The number of ether oxygens (including phenoxy) is 3. The Morgan fingerprint density at radius 3 is 2.66 bits per heavy atom. The van der Waals surface area contributed by atoms with E-state index < -0.39 is 23.1 Å². The van der Waals surface area contributed by atoms with Gasteiger partial charge in [0.25, 0.3) is 0 Å². The van der Waals surface area contributed by atoms with Crippen LogP contribution in [-0.2, 0) is 22.1 Å². The minimum Gasteiger partial charge on any atom is -0.462 e. The van der Waals surface area contributed by atoms with Gasteiger partial charge in [0.15, 0.2) is 5.79 Å². The third-order valence-corrected chi connectivity index (χ3v) is 6.72. The maximum absolute atomic E-state index is 13.1. The third kappa shape index (κ3) is 5.00. The Morgan fingerprint density at radius 2 is 2.03 bits per heavy atom. The summed E-state index contributed by atoms with van der Waals surface area (Å²) in [5.41, 5.74) is 2.89. The quantitative estimate of drug-likeness (QED) is 0.313. The van der Waals surface area contributed by atoms with Crippen LogP contribution in [0.4, 0.5) is 13.2 Å². The Bertz CT molecular complexity index is 1510. The van der Waals surface area contributed by atoms with Crippen LogP contribution in [-0.4, -0.2) is 17.0 Å². The van der Waals surface area contributed by atoms with Crippen molar-refractivity contribution in [1.82, 2.24) is 4.57 Å². The van der Waals surface area contributed by atoms with Crippen LogP contribution >= 0.6 is 0 Å². The average Bonchev–Trinajstić information content (AvgIpc) is 3.44. The highest BCUT2D eigenvalue weighted by Crippen LogP contribution is 2.40. The van der Waals surface area contributed by atoms with E-state index in [-0.39, 0.29) is 11.9 Å². The van der Waals surface area contributed by atoms with Gasteiger partial charge in [-0.3, -0.25) is 0 Å². The average molecular weight is 521 g/mol. The molecule has 1 saturated heterocycles. The Morgan fingerprint density at radius 1 is 1.21 bits per heavy atom. The van der Waals surface area contributed by atoms with Gasteiger partial charge in [0, 0.05) is 23.7 Å². The fourth-order valence-corrected chi connectivity index (χ4v) is 5.03. The van der Waals surface area contributed by atoms with Crippen LogP contribution in [0.3, 0.4) is 0 Å². The van der Waals surface area contributed by atoms with Crippen molar-refractivity contribution in [3.8, 4) is 11.8 Å². The Labute approximate surface area is 219 Å². The van der Waals surface area contributed by atoms with Gasteiger partial charge in [-0.25, -0.2) is 0 Å². The van der Waals surface area contributed by atoms with Crippen molar-refractivity contribution in [2.45, 2.75) is 51.2 Å². The number of halogens is 3. The number of benzene rings is 2. The Kier molecular flexibility index (Phi) is 6.68. The summed E-state index contributed by atoms with van der Waals surface area (Å²) in [5, 5.41) is 10.3. The van der Waals surface area contributed by atoms with Crippen LogP contribution in [0.5, 0.6) is 5.75 Å². The molecule has 196 valence electrons. The predicted octanol–water partition coefficient (Wildman–Crippen LogP) is 7.68. The predicted molar refractivity (Wildman–Crippen MR) is 138 cm³/mol. The summed E-state index contributed by atoms with van der Waals surface area (Å²) in [6.45, 7) is 8.23. The maximum atomic E-state index is 13.1. The summed E-state index contributed by atoms with van der Waals surface area (Å²) >= 11 is 0. The number of alkyl halides is 3. The highest BCUT2D eigenvalue weighted by molar-refractivity contribution is 5.90. The second-order valence-corrected chi connectivity index (χ2v) is 9.79. The van der Waals surface area contributed by atoms with Crippen molar-refractivity contribution < 1.29 is 27.4 Å². The van der Waals surface area contributed by atoms with E-state index in [0.29, 0.717) is 31.6 Å². The number of nitrogens with zero attached hydrogens (tertiary/aromatic N) is 2. The molecular formula is C30H27F3N2O3. The number of hydrogen-bond donors (Lipinski definition) is 0. The molecule has 1 aliphatic carbocycles. The summed E-state index contributed by atoms with van der Waals surface area (Å²) in [6.07, 6.45) is 4.93. The van der Waals surface area contributed by atoms with Gasteiger partial charge >= 0.3 is 6.18 Å². The molecule has 0 radical (unpaired) electrons. The molecular weight excluding hydrogens is 493 g/mol. The van der Waals surface area contributed by atoms with Gasteiger partial charge in [-0.05, 0) is 74.2 Å². The van der Waals surface area contributed by atoms with E-state index in [1.165, 1.54) is 6.07 Å². The first kappa shape index (κ1) is 25.8. The molecule has 2 heterocycles. The first-order valence-corrected chi connectivity index (χ1v) is 12.3. The van der Waals surface area contributed by atoms with E-state index in [1.54, 1.807) is 6.07 Å². The molecule has 0 bridgehead atoms. The van der Waals surface area contributed by atoms with Gasteiger partial charge in [0.05, 0.1) is 29.3 Å². The molecule has 0 amide bonds. The number of rotatable bonds is 6. The van der Waals surface area contributed by atoms with Crippen molar-refractivity contribution in [2.75, 3.05) is 6.61 Å². The van der Waals surface area contributed by atoms with Crippen molar-refractivity contribution in [1.29, 1.82) is 5.26 Å². The molecule has 2 aliphatic rings. The molecule has 1 fully saturated rings. The molecule has 5 rings (SSSR count). The van der Waals surface area contributed by atoms with E-state index in [9.17, 15) is 13.2 Å². The summed E-state index contributed by atoms with van der Waals surface area (Å²) in [5.74, 6) is 0.172. The van der Waals surface area contributed by atoms with Crippen molar-refractivity contribution >= 4 is 16.6 Å². The monoisotopic (exact) mass is 520 g/mol. The molecule has 1 aliphatic heterocycles. The lowest BCUT2D eigenvalue weighted by Gasteiger charge is -2.19. The van der Waals surface area contributed by atoms with Gasteiger partial charge < -0.3 is 18.8 Å². The number of fused-ring (bicyclic) bond motifs is 1.